The molecule has 2 heterocycles. The molecule has 0 aliphatic carbocycles. The molecule has 368 valence electrons. The molecular formula is C48H92O14. The number of carboxylic acids is 1. The Morgan fingerprint density at radius 1 is 0.500 bits per heavy atom. The Kier molecular flexibility index (Phi) is 35.6. The molecule has 8 N–H and O–H groups in total. The summed E-state index contributed by atoms with van der Waals surface area (Å²) in [7, 11) is 0. The van der Waals surface area contributed by atoms with Crippen LogP contribution in [0.4, 0.5) is 0 Å². The molecule has 14 heteroatoms. The fraction of sp³-hybridized carbons (Fsp3) is 0.958. The molecule has 0 radical (unpaired) electrons. The van der Waals surface area contributed by atoms with E-state index in [2.05, 4.69) is 13.8 Å². The molecule has 2 fully saturated rings. The second-order valence-electron chi connectivity index (χ2n) is 17.9. The highest BCUT2D eigenvalue weighted by atomic mass is 16.8. The van der Waals surface area contributed by atoms with E-state index in [1.54, 1.807) is 0 Å². The van der Waals surface area contributed by atoms with Crippen molar-refractivity contribution in [2.24, 2.45) is 0 Å². The molecule has 0 bridgehead atoms. The summed E-state index contributed by atoms with van der Waals surface area (Å²) in [6, 6.07) is 0. The smallest absolute Gasteiger partial charge is 0.305 e. The van der Waals surface area contributed by atoms with Crippen LogP contribution < -0.4 is 0 Å². The first-order chi connectivity index (χ1) is 30.0. The molecule has 2 saturated heterocycles. The van der Waals surface area contributed by atoms with Crippen LogP contribution in [0.25, 0.3) is 0 Å². The molecule has 0 aromatic rings. The lowest BCUT2D eigenvalue weighted by Gasteiger charge is -2.43. The predicted molar refractivity (Wildman–Crippen MR) is 239 cm³/mol. The molecule has 0 aromatic carbocycles. The predicted octanol–water partition coefficient (Wildman–Crippen LogP) is 7.75. The zero-order chi connectivity index (χ0) is 45.9. The monoisotopic (exact) mass is 893 g/mol. The number of carbonyl (C=O) groups excluding carboxylic acids is 1. The third kappa shape index (κ3) is 25.9. The molecule has 62 heavy (non-hydrogen) atoms. The van der Waals surface area contributed by atoms with E-state index < -0.39 is 86.6 Å². The fourth-order valence-corrected chi connectivity index (χ4v) is 8.15. The third-order valence-electron chi connectivity index (χ3n) is 12.3. The van der Waals surface area contributed by atoms with Gasteiger partial charge in [0.05, 0.1) is 6.61 Å². The van der Waals surface area contributed by atoms with E-state index in [4.69, 9.17) is 24.1 Å². The molecule has 0 aromatic heterocycles. The van der Waals surface area contributed by atoms with E-state index in [-0.39, 0.29) is 6.42 Å². The molecule has 2 aliphatic heterocycles. The van der Waals surface area contributed by atoms with Gasteiger partial charge in [-0.2, -0.15) is 0 Å². The summed E-state index contributed by atoms with van der Waals surface area (Å²) in [5.74, 6) is -3.41. The SMILES string of the molecule is CCCCCCCCCCCCCCCCCC(=O)O.CCCCCCCCCCCCCCCCCC(=O)OC[C@H]1O[C@H](O[C@]2(CO)O[C@H](CO)[C@@H](O)[C@@H]2O)[C@H](O)[C@@H](O)[C@@H]1O. The Bertz CT molecular complexity index is 1070. The van der Waals surface area contributed by atoms with E-state index in [0.29, 0.717) is 12.8 Å². The molecule has 0 saturated carbocycles. The van der Waals surface area contributed by atoms with Crippen molar-refractivity contribution in [2.75, 3.05) is 19.8 Å². The Labute approximate surface area is 374 Å². The van der Waals surface area contributed by atoms with Crippen LogP contribution in [0.5, 0.6) is 0 Å². The summed E-state index contributed by atoms with van der Waals surface area (Å²) in [4.78, 5) is 22.6. The summed E-state index contributed by atoms with van der Waals surface area (Å²) >= 11 is 0. The Hall–Kier alpha value is -1.46. The normalized spacial score (nSPS) is 26.0. The quantitative estimate of drug-likeness (QED) is 0.0219. The number of aliphatic hydroxyl groups excluding tert-OH is 7. The van der Waals surface area contributed by atoms with E-state index >= 15 is 0 Å². The third-order valence-corrected chi connectivity index (χ3v) is 12.3. The number of ether oxygens (including phenoxy) is 4. The number of carbonyl (C=O) groups is 2. The minimum absolute atomic E-state index is 0.195. The highest BCUT2D eigenvalue weighted by molar-refractivity contribution is 5.69. The van der Waals surface area contributed by atoms with Crippen molar-refractivity contribution in [3.63, 3.8) is 0 Å². The molecule has 0 unspecified atom stereocenters. The standard InChI is InChI=1S/C30H56O12.C18H36O2/c1-2-3-4-5-6-7-8-9-10-11-12-13-14-15-16-17-23(33)39-19-22-24(34)26(36)27(37)29(40-22)42-30(20-32)28(38)25(35)21(18-31)41-30;1-2-3-4-5-6-7-8-9-10-11-12-13-14-15-16-17-18(19)20/h21-22,24-29,31-32,34-38H,2-20H2,1H3;2-17H2,1H3,(H,19,20)/t21-,22-,24-,25-,26+,27-,28+,29-,30+;/m1./s1. The Balaban J connectivity index is 0.000000807. The van der Waals surface area contributed by atoms with Crippen molar-refractivity contribution in [1.82, 2.24) is 0 Å². The average molecular weight is 893 g/mol. The van der Waals surface area contributed by atoms with Gasteiger partial charge in [0.25, 0.3) is 0 Å². The second-order valence-corrected chi connectivity index (χ2v) is 17.9. The van der Waals surface area contributed by atoms with Crippen molar-refractivity contribution in [3.8, 4) is 0 Å². The first kappa shape index (κ1) is 58.6. The molecule has 2 aliphatic rings. The van der Waals surface area contributed by atoms with Gasteiger partial charge in [0.2, 0.25) is 5.79 Å². The molecule has 9 atom stereocenters. The van der Waals surface area contributed by atoms with Crippen molar-refractivity contribution >= 4 is 11.9 Å². The van der Waals surface area contributed by atoms with E-state index in [1.807, 2.05) is 0 Å². The molecule has 14 nitrogen and oxygen atoms in total. The lowest BCUT2D eigenvalue weighted by Crippen LogP contribution is -2.62. The van der Waals surface area contributed by atoms with Crippen LogP contribution in [0.15, 0.2) is 0 Å². The van der Waals surface area contributed by atoms with Crippen LogP contribution in [-0.4, -0.2) is 127 Å². The number of aliphatic carboxylic acids is 1. The van der Waals surface area contributed by atoms with Gasteiger partial charge < -0.3 is 59.8 Å². The number of carboxylic acid groups (broad SMARTS) is 1. The zero-order valence-corrected chi connectivity index (χ0v) is 38.9. The highest BCUT2D eigenvalue weighted by Gasteiger charge is 2.58. The number of esters is 1. The number of rotatable bonds is 38. The largest absolute Gasteiger partial charge is 0.481 e. The van der Waals surface area contributed by atoms with Gasteiger partial charge in [0, 0.05) is 12.8 Å². The number of aliphatic hydroxyl groups is 7. The summed E-state index contributed by atoms with van der Waals surface area (Å²) in [5.41, 5.74) is 0. The highest BCUT2D eigenvalue weighted by Crippen LogP contribution is 2.36. The lowest BCUT2D eigenvalue weighted by atomic mass is 9.99. The van der Waals surface area contributed by atoms with Gasteiger partial charge in [-0.25, -0.2) is 0 Å². The van der Waals surface area contributed by atoms with Gasteiger partial charge in [0.1, 0.15) is 55.9 Å². The fourth-order valence-electron chi connectivity index (χ4n) is 8.15. The minimum Gasteiger partial charge on any atom is -0.481 e. The molecule has 0 amide bonds. The maximum Gasteiger partial charge on any atom is 0.305 e. The van der Waals surface area contributed by atoms with Crippen molar-refractivity contribution in [3.05, 3.63) is 0 Å². The molecule has 2 rings (SSSR count). The molecular weight excluding hydrogens is 801 g/mol. The number of hydrogen-bond acceptors (Lipinski definition) is 13. The van der Waals surface area contributed by atoms with Gasteiger partial charge >= 0.3 is 11.9 Å². The lowest BCUT2D eigenvalue weighted by molar-refractivity contribution is -0.383. The van der Waals surface area contributed by atoms with E-state index in [9.17, 15) is 45.3 Å². The van der Waals surface area contributed by atoms with Gasteiger partial charge in [-0.3, -0.25) is 9.59 Å². The van der Waals surface area contributed by atoms with Gasteiger partial charge in [-0.05, 0) is 12.8 Å². The maximum atomic E-state index is 12.2. The Morgan fingerprint density at radius 2 is 0.887 bits per heavy atom. The summed E-state index contributed by atoms with van der Waals surface area (Å²) < 4.78 is 21.5. The van der Waals surface area contributed by atoms with Crippen LogP contribution in [0, 0.1) is 0 Å². The topological polar surface area (TPSA) is 233 Å². The number of hydrogen-bond donors (Lipinski definition) is 8. The first-order valence-electron chi connectivity index (χ1n) is 25.0. The van der Waals surface area contributed by atoms with Gasteiger partial charge in [-0.1, -0.05) is 194 Å². The van der Waals surface area contributed by atoms with Crippen LogP contribution in [0.2, 0.25) is 0 Å². The van der Waals surface area contributed by atoms with Crippen LogP contribution in [-0.2, 0) is 28.5 Å². The zero-order valence-electron chi connectivity index (χ0n) is 38.9. The summed E-state index contributed by atoms with van der Waals surface area (Å²) in [5, 5.41) is 79.0. The first-order valence-corrected chi connectivity index (χ1v) is 25.0. The summed E-state index contributed by atoms with van der Waals surface area (Å²) in [6.45, 7) is 2.42. The van der Waals surface area contributed by atoms with Crippen molar-refractivity contribution in [2.45, 2.75) is 274 Å². The van der Waals surface area contributed by atoms with Gasteiger partial charge in [0.15, 0.2) is 6.29 Å². The molecule has 0 spiro atoms. The second kappa shape index (κ2) is 37.7. The van der Waals surface area contributed by atoms with Crippen LogP contribution in [0.3, 0.4) is 0 Å². The average Bonchev–Trinajstić information content (AvgIpc) is 3.51. The maximum absolute atomic E-state index is 12.2. The van der Waals surface area contributed by atoms with Crippen LogP contribution >= 0.6 is 0 Å². The summed E-state index contributed by atoms with van der Waals surface area (Å²) in [6.07, 6.45) is 25.7. The Morgan fingerprint density at radius 3 is 1.24 bits per heavy atom. The van der Waals surface area contributed by atoms with Crippen LogP contribution in [0.1, 0.15) is 219 Å². The van der Waals surface area contributed by atoms with Crippen molar-refractivity contribution < 1.29 is 69.4 Å². The van der Waals surface area contributed by atoms with E-state index in [1.165, 1.54) is 154 Å². The van der Waals surface area contributed by atoms with E-state index in [0.717, 1.165) is 32.1 Å². The van der Waals surface area contributed by atoms with Gasteiger partial charge in [-0.15, -0.1) is 0 Å². The number of unbranched alkanes of at least 4 members (excludes halogenated alkanes) is 28. The minimum atomic E-state index is -2.27. The van der Waals surface area contributed by atoms with Crippen molar-refractivity contribution in [1.29, 1.82) is 0 Å².